The highest BCUT2D eigenvalue weighted by molar-refractivity contribution is 5.82. The third-order valence-electron chi connectivity index (χ3n) is 5.29. The van der Waals surface area contributed by atoms with E-state index in [1.54, 1.807) is 6.07 Å². The van der Waals surface area contributed by atoms with Crippen LogP contribution in [0.25, 0.3) is 11.1 Å². The van der Waals surface area contributed by atoms with Gasteiger partial charge in [0, 0.05) is 18.7 Å². The quantitative estimate of drug-likeness (QED) is 0.821. The molecule has 6 heteroatoms. The van der Waals surface area contributed by atoms with Crippen molar-refractivity contribution in [3.63, 3.8) is 0 Å². The molecule has 0 radical (unpaired) electrons. The molecule has 5 nitrogen and oxygen atoms in total. The minimum atomic E-state index is -0.258. The van der Waals surface area contributed by atoms with Crippen molar-refractivity contribution in [3.05, 3.63) is 53.8 Å². The summed E-state index contributed by atoms with van der Waals surface area (Å²) < 4.78 is 25.2. The molecule has 1 fully saturated rings. The average Bonchev–Trinajstić information content (AvgIpc) is 3.16. The molecule has 28 heavy (non-hydrogen) atoms. The Kier molecular flexibility index (Phi) is 5.88. The number of hydrogen-bond donors (Lipinski definition) is 1. The van der Waals surface area contributed by atoms with E-state index in [2.05, 4.69) is 10.2 Å². The number of hydrogen-bond acceptors (Lipinski definition) is 4. The van der Waals surface area contributed by atoms with E-state index in [-0.39, 0.29) is 17.8 Å². The molecule has 2 aromatic carbocycles. The average molecular weight is 384 g/mol. The van der Waals surface area contributed by atoms with Crippen LogP contribution in [-0.2, 0) is 16.1 Å². The lowest BCUT2D eigenvalue weighted by Crippen LogP contribution is -2.43. The monoisotopic (exact) mass is 384 g/mol. The third kappa shape index (κ3) is 4.34. The first-order valence-corrected chi connectivity index (χ1v) is 9.82. The van der Waals surface area contributed by atoms with Gasteiger partial charge in [0.05, 0.1) is 19.3 Å². The molecule has 2 aliphatic heterocycles. The summed E-state index contributed by atoms with van der Waals surface area (Å²) in [4.78, 5) is 14.8. The summed E-state index contributed by atoms with van der Waals surface area (Å²) in [6, 6.07) is 12.4. The van der Waals surface area contributed by atoms with Crippen LogP contribution in [0, 0.1) is 5.82 Å². The molecule has 148 valence electrons. The van der Waals surface area contributed by atoms with Crippen molar-refractivity contribution in [2.24, 2.45) is 0 Å². The molecule has 0 bridgehead atoms. The highest BCUT2D eigenvalue weighted by Gasteiger charge is 2.31. The van der Waals surface area contributed by atoms with Crippen LogP contribution in [0.2, 0.25) is 0 Å². The van der Waals surface area contributed by atoms with Crippen LogP contribution in [0.3, 0.4) is 0 Å². The summed E-state index contributed by atoms with van der Waals surface area (Å²) in [7, 11) is 0. The van der Waals surface area contributed by atoms with Crippen molar-refractivity contribution >= 4 is 5.91 Å². The van der Waals surface area contributed by atoms with E-state index in [4.69, 9.17) is 9.47 Å². The lowest BCUT2D eigenvalue weighted by atomic mass is 10.0. The minimum Gasteiger partial charge on any atom is -0.491 e. The number of rotatable bonds is 1. The molecule has 0 aromatic heterocycles. The fourth-order valence-corrected chi connectivity index (χ4v) is 3.90. The lowest BCUT2D eigenvalue weighted by molar-refractivity contribution is -0.125. The van der Waals surface area contributed by atoms with E-state index >= 15 is 0 Å². The van der Waals surface area contributed by atoms with Gasteiger partial charge in [0.2, 0.25) is 5.91 Å². The number of nitrogens with one attached hydrogen (secondary N) is 1. The molecular weight excluding hydrogens is 359 g/mol. The fraction of sp³-hybridized carbons (Fsp3) is 0.409. The molecule has 2 aromatic rings. The van der Waals surface area contributed by atoms with Crippen LogP contribution in [0.15, 0.2) is 42.5 Å². The van der Waals surface area contributed by atoms with E-state index < -0.39 is 0 Å². The fourth-order valence-electron chi connectivity index (χ4n) is 3.90. The lowest BCUT2D eigenvalue weighted by Gasteiger charge is -2.24. The van der Waals surface area contributed by atoms with E-state index in [0.717, 1.165) is 41.8 Å². The molecule has 4 rings (SSSR count). The second-order valence-corrected chi connectivity index (χ2v) is 7.21. The summed E-state index contributed by atoms with van der Waals surface area (Å²) in [6.07, 6.45) is 1.85. The maximum absolute atomic E-state index is 13.7. The van der Waals surface area contributed by atoms with Gasteiger partial charge in [0.15, 0.2) is 0 Å². The van der Waals surface area contributed by atoms with Gasteiger partial charge in [-0.3, -0.25) is 9.69 Å². The topological polar surface area (TPSA) is 50.8 Å². The summed E-state index contributed by atoms with van der Waals surface area (Å²) in [5.41, 5.74) is 2.76. The molecule has 0 aliphatic carbocycles. The van der Waals surface area contributed by atoms with Gasteiger partial charge in [0.1, 0.15) is 18.2 Å². The van der Waals surface area contributed by atoms with Gasteiger partial charge in [-0.2, -0.15) is 0 Å². The van der Waals surface area contributed by atoms with Gasteiger partial charge in [-0.05, 0) is 54.8 Å². The molecule has 1 saturated heterocycles. The van der Waals surface area contributed by atoms with E-state index in [0.29, 0.717) is 32.9 Å². The highest BCUT2D eigenvalue weighted by atomic mass is 19.1. The second-order valence-electron chi connectivity index (χ2n) is 7.21. The molecular formula is C22H25FN2O3. The van der Waals surface area contributed by atoms with Gasteiger partial charge >= 0.3 is 0 Å². The van der Waals surface area contributed by atoms with Crippen molar-refractivity contribution in [2.45, 2.75) is 25.4 Å². The van der Waals surface area contributed by atoms with Crippen molar-refractivity contribution in [3.8, 4) is 16.9 Å². The molecule has 0 spiro atoms. The minimum absolute atomic E-state index is 0.0594. The number of nitrogens with zero attached hydrogens (tertiary/aromatic N) is 1. The van der Waals surface area contributed by atoms with E-state index in [9.17, 15) is 9.18 Å². The first-order valence-electron chi connectivity index (χ1n) is 9.82. The van der Waals surface area contributed by atoms with Crippen LogP contribution in [0.5, 0.6) is 5.75 Å². The zero-order valence-corrected chi connectivity index (χ0v) is 15.8. The summed E-state index contributed by atoms with van der Waals surface area (Å²) in [5, 5.41) is 2.97. The second kappa shape index (κ2) is 8.71. The van der Waals surface area contributed by atoms with Crippen molar-refractivity contribution in [1.29, 1.82) is 0 Å². The third-order valence-corrected chi connectivity index (χ3v) is 5.29. The first-order chi connectivity index (χ1) is 13.7. The molecule has 1 amide bonds. The Bertz CT molecular complexity index is 842. The van der Waals surface area contributed by atoms with Gasteiger partial charge in [-0.25, -0.2) is 4.39 Å². The smallest absolute Gasteiger partial charge is 0.237 e. The normalized spacial score (nSPS) is 21.3. The Balaban J connectivity index is 1.66. The van der Waals surface area contributed by atoms with Crippen LogP contribution >= 0.6 is 0 Å². The van der Waals surface area contributed by atoms with Crippen molar-refractivity contribution in [2.75, 3.05) is 32.9 Å². The molecule has 0 unspecified atom stereocenters. The number of fused-ring (bicyclic) bond motifs is 2. The summed E-state index contributed by atoms with van der Waals surface area (Å²) in [6.45, 7) is 3.40. The van der Waals surface area contributed by atoms with Gasteiger partial charge < -0.3 is 14.8 Å². The Labute approximate surface area is 164 Å². The van der Waals surface area contributed by atoms with Crippen molar-refractivity contribution in [1.82, 2.24) is 10.2 Å². The van der Waals surface area contributed by atoms with E-state index in [1.165, 1.54) is 12.1 Å². The van der Waals surface area contributed by atoms with Gasteiger partial charge in [0.25, 0.3) is 0 Å². The largest absolute Gasteiger partial charge is 0.491 e. The Morgan fingerprint density at radius 1 is 1.07 bits per heavy atom. The number of halogens is 1. The standard InChI is InChI=1S/C22H25FN2O3/c23-19-4-1-3-16(14-19)17-6-7-21-18(13-17)15-25-9-2-5-20(25)22(26)24-8-10-27-11-12-28-21/h1,3-4,6-7,13-14,20H,2,5,8-12,15H2,(H,24,26)/t20-/m0/s1. The number of amides is 1. The maximum Gasteiger partial charge on any atom is 0.237 e. The Hall–Kier alpha value is -2.44. The number of benzene rings is 2. The molecule has 1 atom stereocenters. The van der Waals surface area contributed by atoms with Crippen LogP contribution < -0.4 is 10.1 Å². The number of carbonyl (C=O) groups excluding carboxylic acids is 1. The van der Waals surface area contributed by atoms with Crippen LogP contribution in [-0.4, -0.2) is 49.8 Å². The molecule has 2 heterocycles. The van der Waals surface area contributed by atoms with E-state index in [1.807, 2.05) is 24.3 Å². The predicted molar refractivity (Wildman–Crippen MR) is 105 cm³/mol. The molecule has 2 aliphatic rings. The summed E-state index contributed by atoms with van der Waals surface area (Å²) in [5.74, 6) is 0.587. The van der Waals surface area contributed by atoms with Crippen molar-refractivity contribution < 1.29 is 18.7 Å². The molecule has 1 N–H and O–H groups in total. The summed E-state index contributed by atoms with van der Waals surface area (Å²) >= 11 is 0. The van der Waals surface area contributed by atoms with Crippen LogP contribution in [0.1, 0.15) is 18.4 Å². The van der Waals surface area contributed by atoms with Crippen LogP contribution in [0.4, 0.5) is 4.39 Å². The zero-order valence-electron chi connectivity index (χ0n) is 15.8. The SMILES string of the molecule is O=C1NCCOCCOc2ccc(-c3cccc(F)c3)cc2CN2CCC[C@@H]12. The number of ether oxygens (including phenoxy) is 2. The highest BCUT2D eigenvalue weighted by Crippen LogP contribution is 2.30. The van der Waals surface area contributed by atoms with Gasteiger partial charge in [-0.15, -0.1) is 0 Å². The predicted octanol–water partition coefficient (Wildman–Crippen LogP) is 2.98. The first kappa shape index (κ1) is 18.9. The maximum atomic E-state index is 13.7. The number of carbonyl (C=O) groups is 1. The Morgan fingerprint density at radius 3 is 2.86 bits per heavy atom. The molecule has 0 saturated carbocycles. The van der Waals surface area contributed by atoms with Gasteiger partial charge in [-0.1, -0.05) is 18.2 Å². The zero-order chi connectivity index (χ0) is 19.3. The Morgan fingerprint density at radius 2 is 1.96 bits per heavy atom.